The SMILES string of the molecule is CCC(C)C(N)CN(C)CC1CCCN1C. The fourth-order valence-corrected chi connectivity index (χ4v) is 2.49. The molecule has 1 heterocycles. The zero-order chi connectivity index (χ0) is 12.1. The van der Waals surface area contributed by atoms with E-state index in [0.717, 1.165) is 12.6 Å². The van der Waals surface area contributed by atoms with Crippen molar-refractivity contribution in [3.05, 3.63) is 0 Å². The molecule has 0 aromatic carbocycles. The Morgan fingerprint density at radius 3 is 2.69 bits per heavy atom. The number of likely N-dealkylation sites (tertiary alicyclic amines) is 1. The third-order valence-corrected chi connectivity index (χ3v) is 4.09. The van der Waals surface area contributed by atoms with E-state index in [-0.39, 0.29) is 0 Å². The summed E-state index contributed by atoms with van der Waals surface area (Å²) in [5.41, 5.74) is 6.18. The second-order valence-electron chi connectivity index (χ2n) is 5.55. The molecule has 0 amide bonds. The molecule has 0 bridgehead atoms. The van der Waals surface area contributed by atoms with E-state index in [1.54, 1.807) is 0 Å². The minimum Gasteiger partial charge on any atom is -0.326 e. The van der Waals surface area contributed by atoms with Gasteiger partial charge < -0.3 is 15.5 Å². The van der Waals surface area contributed by atoms with Crippen molar-refractivity contribution >= 4 is 0 Å². The Balaban J connectivity index is 2.26. The molecule has 0 aromatic rings. The lowest BCUT2D eigenvalue weighted by Crippen LogP contribution is -2.44. The summed E-state index contributed by atoms with van der Waals surface area (Å²) in [4.78, 5) is 4.88. The Morgan fingerprint density at radius 2 is 2.19 bits per heavy atom. The van der Waals surface area contributed by atoms with Crippen LogP contribution in [0.3, 0.4) is 0 Å². The number of hydrogen-bond acceptors (Lipinski definition) is 3. The molecule has 1 saturated heterocycles. The molecule has 1 aliphatic rings. The molecule has 3 nitrogen and oxygen atoms in total. The first-order valence-electron chi connectivity index (χ1n) is 6.69. The van der Waals surface area contributed by atoms with Crippen molar-refractivity contribution in [3.63, 3.8) is 0 Å². The van der Waals surface area contributed by atoms with Crippen molar-refractivity contribution in [1.82, 2.24) is 9.80 Å². The fourth-order valence-electron chi connectivity index (χ4n) is 2.49. The predicted octanol–water partition coefficient (Wildman–Crippen LogP) is 1.39. The molecular formula is C13H29N3. The van der Waals surface area contributed by atoms with Gasteiger partial charge in [0.15, 0.2) is 0 Å². The van der Waals surface area contributed by atoms with Gasteiger partial charge in [-0.25, -0.2) is 0 Å². The van der Waals surface area contributed by atoms with Gasteiger partial charge in [-0.05, 0) is 39.4 Å². The van der Waals surface area contributed by atoms with Crippen LogP contribution in [0.2, 0.25) is 0 Å². The largest absolute Gasteiger partial charge is 0.326 e. The van der Waals surface area contributed by atoms with Gasteiger partial charge >= 0.3 is 0 Å². The summed E-state index contributed by atoms with van der Waals surface area (Å²) < 4.78 is 0. The summed E-state index contributed by atoms with van der Waals surface area (Å²) in [6, 6.07) is 1.07. The number of nitrogens with two attached hydrogens (primary N) is 1. The highest BCUT2D eigenvalue weighted by Gasteiger charge is 2.23. The lowest BCUT2D eigenvalue weighted by atomic mass is 9.99. The van der Waals surface area contributed by atoms with Crippen molar-refractivity contribution in [1.29, 1.82) is 0 Å². The van der Waals surface area contributed by atoms with Gasteiger partial charge in [-0.2, -0.15) is 0 Å². The Hall–Kier alpha value is -0.120. The van der Waals surface area contributed by atoms with Gasteiger partial charge in [0.05, 0.1) is 0 Å². The van der Waals surface area contributed by atoms with Crippen LogP contribution in [-0.4, -0.2) is 55.6 Å². The second kappa shape index (κ2) is 6.58. The van der Waals surface area contributed by atoms with Crippen molar-refractivity contribution in [2.24, 2.45) is 11.7 Å². The van der Waals surface area contributed by atoms with E-state index >= 15 is 0 Å². The Bertz CT molecular complexity index is 196. The second-order valence-corrected chi connectivity index (χ2v) is 5.55. The van der Waals surface area contributed by atoms with Crippen LogP contribution in [0.25, 0.3) is 0 Å². The average Bonchev–Trinajstić information content (AvgIpc) is 2.63. The minimum atomic E-state index is 0.321. The molecule has 3 unspecified atom stereocenters. The summed E-state index contributed by atoms with van der Waals surface area (Å²) in [6.45, 7) is 7.92. The smallest absolute Gasteiger partial charge is 0.0220 e. The van der Waals surface area contributed by atoms with E-state index in [1.807, 2.05) is 0 Å². The van der Waals surface area contributed by atoms with Crippen LogP contribution in [0.4, 0.5) is 0 Å². The molecule has 0 aliphatic carbocycles. The molecule has 1 aliphatic heterocycles. The van der Waals surface area contributed by atoms with E-state index in [1.165, 1.54) is 32.4 Å². The zero-order valence-electron chi connectivity index (χ0n) is 11.4. The van der Waals surface area contributed by atoms with Crippen LogP contribution < -0.4 is 5.73 Å². The van der Waals surface area contributed by atoms with Gasteiger partial charge in [-0.1, -0.05) is 20.3 Å². The lowest BCUT2D eigenvalue weighted by molar-refractivity contribution is 0.201. The number of likely N-dealkylation sites (N-methyl/N-ethyl adjacent to an activating group) is 2. The van der Waals surface area contributed by atoms with Crippen LogP contribution in [0.1, 0.15) is 33.1 Å². The summed E-state index contributed by atoms with van der Waals surface area (Å²) in [7, 11) is 4.44. The highest BCUT2D eigenvalue weighted by molar-refractivity contribution is 4.80. The maximum absolute atomic E-state index is 6.18. The molecule has 0 saturated carbocycles. The first-order valence-corrected chi connectivity index (χ1v) is 6.69. The summed E-state index contributed by atoms with van der Waals surface area (Å²) >= 11 is 0. The Kier molecular flexibility index (Phi) is 5.73. The van der Waals surface area contributed by atoms with Crippen LogP contribution in [0.15, 0.2) is 0 Å². The first kappa shape index (κ1) is 13.9. The van der Waals surface area contributed by atoms with Crippen LogP contribution >= 0.6 is 0 Å². The van der Waals surface area contributed by atoms with Gasteiger partial charge in [0, 0.05) is 25.2 Å². The molecule has 1 rings (SSSR count). The predicted molar refractivity (Wildman–Crippen MR) is 70.6 cm³/mol. The molecule has 16 heavy (non-hydrogen) atoms. The van der Waals surface area contributed by atoms with Crippen molar-refractivity contribution in [2.45, 2.75) is 45.2 Å². The third kappa shape index (κ3) is 4.04. The van der Waals surface area contributed by atoms with E-state index in [0.29, 0.717) is 12.0 Å². The molecule has 0 aromatic heterocycles. The van der Waals surface area contributed by atoms with Crippen molar-refractivity contribution in [2.75, 3.05) is 33.7 Å². The number of hydrogen-bond donors (Lipinski definition) is 1. The molecular weight excluding hydrogens is 198 g/mol. The molecule has 2 N–H and O–H groups in total. The van der Waals surface area contributed by atoms with Gasteiger partial charge in [0.2, 0.25) is 0 Å². The fraction of sp³-hybridized carbons (Fsp3) is 1.00. The minimum absolute atomic E-state index is 0.321. The maximum Gasteiger partial charge on any atom is 0.0220 e. The topological polar surface area (TPSA) is 32.5 Å². The van der Waals surface area contributed by atoms with Crippen LogP contribution in [0.5, 0.6) is 0 Å². The first-order chi connectivity index (χ1) is 7.54. The molecule has 0 radical (unpaired) electrons. The Labute approximate surface area is 101 Å². The monoisotopic (exact) mass is 227 g/mol. The van der Waals surface area contributed by atoms with Gasteiger partial charge in [0.25, 0.3) is 0 Å². The normalized spacial score (nSPS) is 26.2. The Morgan fingerprint density at radius 1 is 1.50 bits per heavy atom. The third-order valence-electron chi connectivity index (χ3n) is 4.09. The van der Waals surface area contributed by atoms with Crippen LogP contribution in [-0.2, 0) is 0 Å². The maximum atomic E-state index is 6.18. The number of nitrogens with zero attached hydrogens (tertiary/aromatic N) is 2. The molecule has 1 fully saturated rings. The molecule has 0 spiro atoms. The highest BCUT2D eigenvalue weighted by atomic mass is 15.2. The van der Waals surface area contributed by atoms with Crippen molar-refractivity contribution < 1.29 is 0 Å². The highest BCUT2D eigenvalue weighted by Crippen LogP contribution is 2.16. The van der Waals surface area contributed by atoms with E-state index < -0.39 is 0 Å². The number of rotatable bonds is 6. The van der Waals surface area contributed by atoms with Crippen LogP contribution in [0, 0.1) is 5.92 Å². The summed E-state index contributed by atoms with van der Waals surface area (Å²) in [6.07, 6.45) is 3.88. The quantitative estimate of drug-likeness (QED) is 0.744. The molecule has 3 atom stereocenters. The van der Waals surface area contributed by atoms with E-state index in [2.05, 4.69) is 37.7 Å². The summed E-state index contributed by atoms with van der Waals surface area (Å²) in [5.74, 6) is 0.628. The van der Waals surface area contributed by atoms with Crippen molar-refractivity contribution in [3.8, 4) is 0 Å². The van der Waals surface area contributed by atoms with E-state index in [4.69, 9.17) is 5.73 Å². The summed E-state index contributed by atoms with van der Waals surface area (Å²) in [5, 5.41) is 0. The average molecular weight is 227 g/mol. The van der Waals surface area contributed by atoms with Gasteiger partial charge in [-0.15, -0.1) is 0 Å². The molecule has 3 heteroatoms. The zero-order valence-corrected chi connectivity index (χ0v) is 11.4. The lowest BCUT2D eigenvalue weighted by Gasteiger charge is -2.29. The molecule has 96 valence electrons. The van der Waals surface area contributed by atoms with Gasteiger partial charge in [0.1, 0.15) is 0 Å². The van der Waals surface area contributed by atoms with Gasteiger partial charge in [-0.3, -0.25) is 0 Å². The standard InChI is InChI=1S/C13H29N3/c1-5-11(2)13(14)10-15(3)9-12-7-6-8-16(12)4/h11-13H,5-10,14H2,1-4H3. The van der Waals surface area contributed by atoms with E-state index in [9.17, 15) is 0 Å².